The van der Waals surface area contributed by atoms with Gasteiger partial charge in [-0.05, 0) is 0 Å². The first-order chi connectivity index (χ1) is 6.17. The summed E-state index contributed by atoms with van der Waals surface area (Å²) in [4.78, 5) is 11.3. The fourth-order valence-corrected chi connectivity index (χ4v) is 2.11. The maximum absolute atomic E-state index is 11.3. The van der Waals surface area contributed by atoms with E-state index in [1.54, 1.807) is 0 Å². The van der Waals surface area contributed by atoms with E-state index >= 15 is 0 Å². The van der Waals surface area contributed by atoms with Gasteiger partial charge in [0, 0.05) is 6.08 Å². The Labute approximate surface area is 83.3 Å². The zero-order valence-corrected chi connectivity index (χ0v) is 8.99. The third-order valence-electron chi connectivity index (χ3n) is 2.01. The normalized spacial score (nSPS) is 14.9. The molecule has 0 bridgehead atoms. The largest absolute Gasteiger partial charge is 0.338 e. The van der Waals surface area contributed by atoms with Crippen molar-refractivity contribution in [2.24, 2.45) is 5.73 Å². The van der Waals surface area contributed by atoms with Gasteiger partial charge < -0.3 is 5.73 Å². The van der Waals surface area contributed by atoms with Crippen molar-refractivity contribution in [2.45, 2.75) is 5.37 Å². The van der Waals surface area contributed by atoms with Crippen molar-refractivity contribution in [1.82, 2.24) is 0 Å². The number of amides is 1. The van der Waals surface area contributed by atoms with E-state index in [1.807, 2.05) is 0 Å². The van der Waals surface area contributed by atoms with Gasteiger partial charge in [0.1, 0.15) is 0 Å². The molecule has 0 aromatic heterocycles. The number of carbonyl (C=O) groups is 1. The van der Waals surface area contributed by atoms with Crippen LogP contribution in [0.2, 0.25) is 0 Å². The lowest BCUT2D eigenvalue weighted by molar-refractivity contribution is -0.821. The summed E-state index contributed by atoms with van der Waals surface area (Å²) < 4.78 is 30.1. The molecule has 0 aliphatic carbocycles. The van der Waals surface area contributed by atoms with Crippen molar-refractivity contribution in [1.29, 1.82) is 0 Å². The molecule has 0 saturated carbocycles. The van der Waals surface area contributed by atoms with Crippen molar-refractivity contribution in [3.05, 3.63) is 12.7 Å². The Kier molecular flexibility index (Phi) is 3.95. The van der Waals surface area contributed by atoms with E-state index in [1.165, 1.54) is 14.1 Å². The van der Waals surface area contributed by atoms with E-state index < -0.39 is 25.9 Å². The molecule has 0 radical (unpaired) electrons. The third-order valence-corrected chi connectivity index (χ3v) is 3.42. The fraction of sp³-hybridized carbons (Fsp3) is 0.571. The SMILES string of the molecule is C=CC(=O)[N+](C)(C)C(CN)S(=O)(=O)O. The highest BCUT2D eigenvalue weighted by Crippen LogP contribution is 2.12. The molecule has 0 spiro atoms. The standard InChI is InChI=1S/C7H14N2O4S/c1-4-6(10)9(2,3)7(5-8)14(11,12)13/h4,7H,1,5,8H2,2-3H3/p+1. The molecule has 0 rings (SSSR count). The lowest BCUT2D eigenvalue weighted by atomic mass is 10.4. The van der Waals surface area contributed by atoms with Crippen LogP contribution in [0.5, 0.6) is 0 Å². The second kappa shape index (κ2) is 4.18. The molecule has 14 heavy (non-hydrogen) atoms. The van der Waals surface area contributed by atoms with E-state index in [-0.39, 0.29) is 6.54 Å². The molecule has 0 saturated heterocycles. The highest BCUT2D eigenvalue weighted by Gasteiger charge is 2.41. The van der Waals surface area contributed by atoms with Crippen LogP contribution in [-0.2, 0) is 14.9 Å². The molecule has 1 amide bonds. The van der Waals surface area contributed by atoms with Gasteiger partial charge in [-0.1, -0.05) is 6.58 Å². The first kappa shape index (κ1) is 13.2. The Morgan fingerprint density at radius 3 is 2.29 bits per heavy atom. The average Bonchev–Trinajstić information content (AvgIpc) is 2.00. The minimum atomic E-state index is -4.35. The maximum atomic E-state index is 11.3. The van der Waals surface area contributed by atoms with Gasteiger partial charge in [0.2, 0.25) is 5.37 Å². The maximum Gasteiger partial charge on any atom is 0.338 e. The number of nitrogens with two attached hydrogens (primary N) is 1. The number of rotatable bonds is 4. The van der Waals surface area contributed by atoms with Crippen LogP contribution in [0.4, 0.5) is 0 Å². The Bertz CT molecular complexity index is 334. The summed E-state index contributed by atoms with van der Waals surface area (Å²) in [6, 6.07) is 0. The molecule has 7 heteroatoms. The van der Waals surface area contributed by atoms with E-state index in [0.717, 1.165) is 6.08 Å². The van der Waals surface area contributed by atoms with Gasteiger partial charge in [0.25, 0.3) is 0 Å². The summed E-state index contributed by atoms with van der Waals surface area (Å²) in [5.74, 6) is -0.530. The summed E-state index contributed by atoms with van der Waals surface area (Å²) in [6.07, 6.45) is 0.994. The summed E-state index contributed by atoms with van der Waals surface area (Å²) >= 11 is 0. The predicted molar refractivity (Wildman–Crippen MR) is 51.7 cm³/mol. The molecular formula is C7H15N2O4S+. The molecule has 3 N–H and O–H groups in total. The molecule has 1 unspecified atom stereocenters. The summed E-state index contributed by atoms with van der Waals surface area (Å²) in [6.45, 7) is 2.90. The molecular weight excluding hydrogens is 208 g/mol. The number of hydrogen-bond donors (Lipinski definition) is 2. The van der Waals surface area contributed by atoms with Crippen molar-refractivity contribution in [2.75, 3.05) is 20.6 Å². The second-order valence-corrected chi connectivity index (χ2v) is 4.86. The number of quaternary nitrogens is 1. The van der Waals surface area contributed by atoms with Crippen LogP contribution in [0.15, 0.2) is 12.7 Å². The second-order valence-electron chi connectivity index (χ2n) is 3.29. The monoisotopic (exact) mass is 223 g/mol. The molecule has 0 aromatic carbocycles. The smallest absolute Gasteiger partial charge is 0.324 e. The third kappa shape index (κ3) is 2.61. The fourth-order valence-electron chi connectivity index (χ4n) is 1.10. The first-order valence-corrected chi connectivity index (χ1v) is 5.35. The summed E-state index contributed by atoms with van der Waals surface area (Å²) in [7, 11) is -1.66. The van der Waals surface area contributed by atoms with Crippen molar-refractivity contribution in [3.63, 3.8) is 0 Å². The van der Waals surface area contributed by atoms with Crippen LogP contribution < -0.4 is 5.73 Å². The van der Waals surface area contributed by atoms with E-state index in [0.29, 0.717) is 0 Å². The molecule has 0 aliphatic rings. The Morgan fingerprint density at radius 2 is 2.07 bits per heavy atom. The average molecular weight is 223 g/mol. The van der Waals surface area contributed by atoms with Gasteiger partial charge in [0.15, 0.2) is 0 Å². The zero-order valence-electron chi connectivity index (χ0n) is 8.17. The lowest BCUT2D eigenvalue weighted by Gasteiger charge is -2.31. The lowest BCUT2D eigenvalue weighted by Crippen LogP contribution is -2.58. The van der Waals surface area contributed by atoms with E-state index in [2.05, 4.69) is 6.58 Å². The highest BCUT2D eigenvalue weighted by atomic mass is 32.2. The molecule has 6 nitrogen and oxygen atoms in total. The Balaban J connectivity index is 5.24. The topological polar surface area (TPSA) is 97.5 Å². The van der Waals surface area contributed by atoms with Crippen LogP contribution in [0.1, 0.15) is 0 Å². The van der Waals surface area contributed by atoms with Crippen LogP contribution in [-0.4, -0.2) is 49.4 Å². The van der Waals surface area contributed by atoms with E-state index in [9.17, 15) is 13.2 Å². The van der Waals surface area contributed by atoms with Crippen molar-refractivity contribution in [3.8, 4) is 0 Å². The van der Waals surface area contributed by atoms with Gasteiger partial charge in [-0.15, -0.1) is 0 Å². The van der Waals surface area contributed by atoms with Gasteiger partial charge in [-0.3, -0.25) is 4.55 Å². The predicted octanol–water partition coefficient (Wildman–Crippen LogP) is -1.05. The van der Waals surface area contributed by atoms with Gasteiger partial charge >= 0.3 is 16.0 Å². The van der Waals surface area contributed by atoms with Gasteiger partial charge in [0.05, 0.1) is 20.6 Å². The van der Waals surface area contributed by atoms with E-state index in [4.69, 9.17) is 10.3 Å². The number of likely N-dealkylation sites (N-methyl/N-ethyl adjacent to an activating group) is 1. The van der Waals surface area contributed by atoms with Crippen LogP contribution in [0, 0.1) is 0 Å². The molecule has 0 aromatic rings. The van der Waals surface area contributed by atoms with Crippen LogP contribution >= 0.6 is 0 Å². The van der Waals surface area contributed by atoms with Crippen LogP contribution in [0.3, 0.4) is 0 Å². The highest BCUT2D eigenvalue weighted by molar-refractivity contribution is 7.86. The number of carbonyl (C=O) groups excluding carboxylic acids is 1. The van der Waals surface area contributed by atoms with Gasteiger partial charge in [-0.25, -0.2) is 9.28 Å². The Hall–Kier alpha value is -0.760. The molecule has 0 aliphatic heterocycles. The first-order valence-electron chi connectivity index (χ1n) is 3.85. The number of hydrogen-bond acceptors (Lipinski definition) is 4. The summed E-state index contributed by atoms with van der Waals surface area (Å²) in [5.41, 5.74) is 5.20. The van der Waals surface area contributed by atoms with Crippen molar-refractivity contribution >= 4 is 16.0 Å². The zero-order chi connectivity index (χ0) is 11.6. The Morgan fingerprint density at radius 1 is 1.64 bits per heavy atom. The molecule has 0 fully saturated rings. The molecule has 82 valence electrons. The number of nitrogens with zero attached hydrogens (tertiary/aromatic N) is 1. The molecule has 0 heterocycles. The summed E-state index contributed by atoms with van der Waals surface area (Å²) in [5, 5.41) is -1.37. The minimum Gasteiger partial charge on any atom is -0.324 e. The van der Waals surface area contributed by atoms with Gasteiger partial charge in [-0.2, -0.15) is 8.42 Å². The van der Waals surface area contributed by atoms with Crippen molar-refractivity contribution < 1.29 is 22.2 Å². The molecule has 1 atom stereocenters. The van der Waals surface area contributed by atoms with Crippen LogP contribution in [0.25, 0.3) is 0 Å². The minimum absolute atomic E-state index is 0.342. The quantitative estimate of drug-likeness (QED) is 0.360.